The molecule has 1 saturated heterocycles. The predicted molar refractivity (Wildman–Crippen MR) is 115 cm³/mol. The fraction of sp³-hybridized carbons (Fsp3) is 0.409. The third kappa shape index (κ3) is 4.94. The van der Waals surface area contributed by atoms with Gasteiger partial charge in [-0.1, -0.05) is 0 Å². The first kappa shape index (κ1) is 20.7. The number of benzene rings is 2. The smallest absolute Gasteiger partial charge is 0.261 e. The van der Waals surface area contributed by atoms with Crippen LogP contribution >= 0.6 is 0 Å². The number of ether oxygens (including phenoxy) is 1. The first-order chi connectivity index (χ1) is 14.4. The van der Waals surface area contributed by atoms with Gasteiger partial charge in [0.05, 0.1) is 12.0 Å². The quantitative estimate of drug-likeness (QED) is 0.732. The first-order valence-electron chi connectivity index (χ1n) is 10.2. The summed E-state index contributed by atoms with van der Waals surface area (Å²) in [4.78, 5) is 17.2. The number of rotatable bonds is 7. The van der Waals surface area contributed by atoms with E-state index >= 15 is 0 Å². The van der Waals surface area contributed by atoms with Crippen LogP contribution in [0.25, 0.3) is 0 Å². The summed E-state index contributed by atoms with van der Waals surface area (Å²) in [6.45, 7) is 4.38. The number of amides is 1. The highest BCUT2D eigenvalue weighted by molar-refractivity contribution is 7.92. The Morgan fingerprint density at radius 2 is 1.63 bits per heavy atom. The van der Waals surface area contributed by atoms with Crippen molar-refractivity contribution in [1.29, 1.82) is 0 Å². The molecule has 4 rings (SSSR count). The SMILES string of the molecule is COc1ccc(NS(=O)(=O)c2ccc(C(=O)N3CCN(CC4CC4)CC3)cc2)cc1. The van der Waals surface area contributed by atoms with Gasteiger partial charge in [-0.25, -0.2) is 8.42 Å². The third-order valence-corrected chi connectivity index (χ3v) is 7.02. The molecule has 0 unspecified atom stereocenters. The maximum atomic E-state index is 12.8. The number of carbonyl (C=O) groups excluding carboxylic acids is 1. The summed E-state index contributed by atoms with van der Waals surface area (Å²) in [5.41, 5.74) is 0.953. The summed E-state index contributed by atoms with van der Waals surface area (Å²) in [5, 5.41) is 0. The molecule has 30 heavy (non-hydrogen) atoms. The van der Waals surface area contributed by atoms with E-state index in [1.165, 1.54) is 25.0 Å². The van der Waals surface area contributed by atoms with Crippen LogP contribution in [0, 0.1) is 5.92 Å². The van der Waals surface area contributed by atoms with E-state index in [1.807, 2.05) is 4.90 Å². The molecule has 2 aliphatic rings. The molecule has 0 atom stereocenters. The largest absolute Gasteiger partial charge is 0.497 e. The normalized spacial score (nSPS) is 17.6. The molecule has 2 fully saturated rings. The van der Waals surface area contributed by atoms with E-state index in [0.29, 0.717) is 30.1 Å². The maximum absolute atomic E-state index is 12.8. The van der Waals surface area contributed by atoms with E-state index in [2.05, 4.69) is 9.62 Å². The van der Waals surface area contributed by atoms with Gasteiger partial charge in [0, 0.05) is 44.0 Å². The number of nitrogens with one attached hydrogen (secondary N) is 1. The van der Waals surface area contributed by atoms with Crippen molar-refractivity contribution in [3.8, 4) is 5.75 Å². The topological polar surface area (TPSA) is 78.9 Å². The predicted octanol–water partition coefficient (Wildman–Crippen LogP) is 2.66. The van der Waals surface area contributed by atoms with E-state index in [-0.39, 0.29) is 10.8 Å². The molecule has 0 radical (unpaired) electrons. The van der Waals surface area contributed by atoms with Gasteiger partial charge in [-0.05, 0) is 67.3 Å². The number of piperazine rings is 1. The molecule has 7 nitrogen and oxygen atoms in total. The average Bonchev–Trinajstić information content (AvgIpc) is 3.58. The summed E-state index contributed by atoms with van der Waals surface area (Å²) in [7, 11) is -2.18. The van der Waals surface area contributed by atoms with Gasteiger partial charge in [0.25, 0.3) is 15.9 Å². The molecule has 1 saturated carbocycles. The fourth-order valence-corrected chi connectivity index (χ4v) is 4.69. The Kier molecular flexibility index (Phi) is 5.97. The van der Waals surface area contributed by atoms with E-state index in [4.69, 9.17) is 4.74 Å². The fourth-order valence-electron chi connectivity index (χ4n) is 3.63. The van der Waals surface area contributed by atoms with Crippen LogP contribution in [-0.2, 0) is 10.0 Å². The van der Waals surface area contributed by atoms with E-state index < -0.39 is 10.0 Å². The third-order valence-electron chi connectivity index (χ3n) is 5.63. The number of hydrogen-bond acceptors (Lipinski definition) is 5. The number of methoxy groups -OCH3 is 1. The average molecular weight is 430 g/mol. The standard InChI is InChI=1S/C22H27N3O4S/c1-29-20-8-6-19(7-9-20)23-30(27,28)21-10-4-18(5-11-21)22(26)25-14-12-24(13-15-25)16-17-2-3-17/h4-11,17,23H,2-3,12-16H2,1H3. The monoisotopic (exact) mass is 429 g/mol. The van der Waals surface area contributed by atoms with E-state index in [9.17, 15) is 13.2 Å². The van der Waals surface area contributed by atoms with Gasteiger partial charge in [-0.15, -0.1) is 0 Å². The number of nitrogens with zero attached hydrogens (tertiary/aromatic N) is 2. The maximum Gasteiger partial charge on any atom is 0.261 e. The zero-order chi connectivity index (χ0) is 21.1. The first-order valence-corrected chi connectivity index (χ1v) is 11.7. The van der Waals surface area contributed by atoms with Gasteiger partial charge in [0.2, 0.25) is 0 Å². The lowest BCUT2D eigenvalue weighted by Gasteiger charge is -2.34. The summed E-state index contributed by atoms with van der Waals surface area (Å²) >= 11 is 0. The van der Waals surface area contributed by atoms with Crippen molar-refractivity contribution >= 4 is 21.6 Å². The van der Waals surface area contributed by atoms with Crippen LogP contribution in [-0.4, -0.2) is 64.0 Å². The molecule has 1 aliphatic heterocycles. The molecule has 2 aromatic rings. The summed E-state index contributed by atoms with van der Waals surface area (Å²) < 4.78 is 32.9. The summed E-state index contributed by atoms with van der Waals surface area (Å²) in [6.07, 6.45) is 2.67. The molecule has 1 N–H and O–H groups in total. The number of sulfonamides is 1. The van der Waals surface area contributed by atoms with Crippen LogP contribution in [0.5, 0.6) is 5.75 Å². The molecule has 8 heteroatoms. The zero-order valence-electron chi connectivity index (χ0n) is 17.1. The molecule has 1 aliphatic carbocycles. The summed E-state index contributed by atoms with van der Waals surface area (Å²) in [5.74, 6) is 1.45. The van der Waals surface area contributed by atoms with Crippen molar-refractivity contribution in [2.75, 3.05) is 44.6 Å². The van der Waals surface area contributed by atoms with Crippen LogP contribution in [0.1, 0.15) is 23.2 Å². The zero-order valence-corrected chi connectivity index (χ0v) is 17.9. The van der Waals surface area contributed by atoms with Gasteiger partial charge in [-0.3, -0.25) is 14.4 Å². The van der Waals surface area contributed by atoms with Gasteiger partial charge in [0.1, 0.15) is 5.75 Å². The van der Waals surface area contributed by atoms with Crippen molar-refractivity contribution in [2.24, 2.45) is 5.92 Å². The molecule has 1 heterocycles. The highest BCUT2D eigenvalue weighted by atomic mass is 32.2. The van der Waals surface area contributed by atoms with Crippen molar-refractivity contribution in [3.63, 3.8) is 0 Å². The summed E-state index contributed by atoms with van der Waals surface area (Å²) in [6, 6.07) is 12.8. The molecule has 0 bridgehead atoms. The Balaban J connectivity index is 1.37. The van der Waals surface area contributed by atoms with Crippen molar-refractivity contribution in [3.05, 3.63) is 54.1 Å². The highest BCUT2D eigenvalue weighted by Crippen LogP contribution is 2.30. The van der Waals surface area contributed by atoms with Crippen LogP contribution in [0.3, 0.4) is 0 Å². The van der Waals surface area contributed by atoms with Crippen molar-refractivity contribution < 1.29 is 17.9 Å². The lowest BCUT2D eigenvalue weighted by atomic mass is 10.2. The van der Waals surface area contributed by atoms with Crippen molar-refractivity contribution in [1.82, 2.24) is 9.80 Å². The Hall–Kier alpha value is -2.58. The van der Waals surface area contributed by atoms with E-state index in [0.717, 1.165) is 25.6 Å². The Morgan fingerprint density at radius 1 is 1.00 bits per heavy atom. The highest BCUT2D eigenvalue weighted by Gasteiger charge is 2.28. The minimum Gasteiger partial charge on any atom is -0.497 e. The second-order valence-electron chi connectivity index (χ2n) is 7.89. The van der Waals surface area contributed by atoms with E-state index in [1.54, 1.807) is 43.5 Å². The molecule has 1 amide bonds. The second kappa shape index (κ2) is 8.65. The minimum absolute atomic E-state index is 0.0480. The van der Waals surface area contributed by atoms with Gasteiger partial charge in [0.15, 0.2) is 0 Å². The Labute approximate surface area is 177 Å². The Morgan fingerprint density at radius 3 is 2.20 bits per heavy atom. The molecular formula is C22H27N3O4S. The van der Waals surface area contributed by atoms with Crippen LogP contribution < -0.4 is 9.46 Å². The van der Waals surface area contributed by atoms with Gasteiger partial charge in [-0.2, -0.15) is 0 Å². The Bertz CT molecular complexity index is 978. The number of carbonyl (C=O) groups is 1. The van der Waals surface area contributed by atoms with Crippen LogP contribution in [0.2, 0.25) is 0 Å². The lowest BCUT2D eigenvalue weighted by Crippen LogP contribution is -2.49. The number of anilines is 1. The molecule has 0 spiro atoms. The molecular weight excluding hydrogens is 402 g/mol. The minimum atomic E-state index is -3.74. The number of hydrogen-bond donors (Lipinski definition) is 1. The molecule has 2 aromatic carbocycles. The lowest BCUT2D eigenvalue weighted by molar-refractivity contribution is 0.0632. The van der Waals surface area contributed by atoms with Gasteiger partial charge < -0.3 is 9.64 Å². The van der Waals surface area contributed by atoms with Crippen LogP contribution in [0.4, 0.5) is 5.69 Å². The van der Waals surface area contributed by atoms with Crippen LogP contribution in [0.15, 0.2) is 53.4 Å². The molecule has 160 valence electrons. The molecule has 0 aromatic heterocycles. The van der Waals surface area contributed by atoms with Crippen molar-refractivity contribution in [2.45, 2.75) is 17.7 Å². The second-order valence-corrected chi connectivity index (χ2v) is 9.58. The van der Waals surface area contributed by atoms with Gasteiger partial charge >= 0.3 is 0 Å².